The molecule has 1 aliphatic heterocycles. The molecule has 0 fully saturated rings. The van der Waals surface area contributed by atoms with E-state index in [1.165, 1.54) is 12.1 Å². The monoisotopic (exact) mass is 303 g/mol. The minimum atomic E-state index is -0.349. The lowest BCUT2D eigenvalue weighted by atomic mass is 10.0. The highest BCUT2D eigenvalue weighted by Crippen LogP contribution is 2.35. The molecule has 2 N–H and O–H groups in total. The Kier molecular flexibility index (Phi) is 3.55. The Hall–Kier alpha value is -2.07. The van der Waals surface area contributed by atoms with E-state index in [0.29, 0.717) is 17.5 Å². The van der Waals surface area contributed by atoms with Crippen molar-refractivity contribution in [3.05, 3.63) is 64.4 Å². The van der Waals surface area contributed by atoms with Crippen LogP contribution in [0.25, 0.3) is 0 Å². The molecule has 3 rings (SSSR count). The Bertz CT molecular complexity index is 714. The van der Waals surface area contributed by atoms with Crippen molar-refractivity contribution in [1.82, 2.24) is 0 Å². The van der Waals surface area contributed by atoms with Crippen LogP contribution < -0.4 is 10.6 Å². The molecule has 0 aliphatic carbocycles. The van der Waals surface area contributed by atoms with Crippen LogP contribution in [-0.4, -0.2) is 12.5 Å². The molecule has 0 saturated carbocycles. The maximum absolute atomic E-state index is 13.2. The first kappa shape index (κ1) is 13.9. The number of benzene rings is 2. The smallest absolute Gasteiger partial charge is 0.196 e. The summed E-state index contributed by atoms with van der Waals surface area (Å²) in [4.78, 5) is 6.25. The second-order valence-corrected chi connectivity index (χ2v) is 5.50. The lowest BCUT2D eigenvalue weighted by molar-refractivity contribution is 0.625. The quantitative estimate of drug-likeness (QED) is 0.920. The summed E-state index contributed by atoms with van der Waals surface area (Å²) in [7, 11) is 0. The SMILES string of the molecule is Cc1cccc(N2C(N)=NCC2c2ccc(F)cc2Cl)c1. The number of halogens is 2. The Morgan fingerprint density at radius 1 is 1.29 bits per heavy atom. The maximum Gasteiger partial charge on any atom is 0.196 e. The van der Waals surface area contributed by atoms with Crippen molar-refractivity contribution in [2.24, 2.45) is 10.7 Å². The fourth-order valence-corrected chi connectivity index (χ4v) is 2.89. The van der Waals surface area contributed by atoms with E-state index in [2.05, 4.69) is 4.99 Å². The number of rotatable bonds is 2. The van der Waals surface area contributed by atoms with Gasteiger partial charge in [0.1, 0.15) is 5.82 Å². The summed E-state index contributed by atoms with van der Waals surface area (Å²) in [6, 6.07) is 12.3. The summed E-state index contributed by atoms with van der Waals surface area (Å²) in [6.45, 7) is 2.53. The summed E-state index contributed by atoms with van der Waals surface area (Å²) in [5, 5.41) is 0.391. The molecular formula is C16H15ClFN3. The minimum Gasteiger partial charge on any atom is -0.369 e. The molecule has 108 valence electrons. The average molecular weight is 304 g/mol. The third kappa shape index (κ3) is 2.59. The Labute approximate surface area is 127 Å². The van der Waals surface area contributed by atoms with E-state index in [9.17, 15) is 4.39 Å². The number of hydrogen-bond donors (Lipinski definition) is 1. The Morgan fingerprint density at radius 2 is 2.10 bits per heavy atom. The number of anilines is 1. The molecule has 1 unspecified atom stereocenters. The molecule has 2 aromatic rings. The molecule has 1 aliphatic rings. The topological polar surface area (TPSA) is 41.6 Å². The highest BCUT2D eigenvalue weighted by Gasteiger charge is 2.30. The van der Waals surface area contributed by atoms with Gasteiger partial charge in [-0.15, -0.1) is 0 Å². The largest absolute Gasteiger partial charge is 0.369 e. The van der Waals surface area contributed by atoms with Gasteiger partial charge in [-0.3, -0.25) is 4.99 Å². The molecule has 21 heavy (non-hydrogen) atoms. The number of hydrogen-bond acceptors (Lipinski definition) is 3. The van der Waals surface area contributed by atoms with Crippen LogP contribution in [0.2, 0.25) is 5.02 Å². The summed E-state index contributed by atoms with van der Waals surface area (Å²) in [6.07, 6.45) is 0. The summed E-state index contributed by atoms with van der Waals surface area (Å²) in [5.41, 5.74) is 8.94. The summed E-state index contributed by atoms with van der Waals surface area (Å²) in [5.74, 6) is 0.101. The van der Waals surface area contributed by atoms with Gasteiger partial charge in [0.05, 0.1) is 12.6 Å². The summed E-state index contributed by atoms with van der Waals surface area (Å²) < 4.78 is 13.2. The standard InChI is InChI=1S/C16H15ClFN3/c1-10-3-2-4-12(7-10)21-15(9-20-16(21)19)13-6-5-11(18)8-14(13)17/h2-8,15H,9H2,1H3,(H2,19,20). The second kappa shape index (κ2) is 5.37. The van der Waals surface area contributed by atoms with Gasteiger partial charge in [0.25, 0.3) is 0 Å². The van der Waals surface area contributed by atoms with Crippen molar-refractivity contribution in [2.75, 3.05) is 11.4 Å². The van der Waals surface area contributed by atoms with E-state index >= 15 is 0 Å². The van der Waals surface area contributed by atoms with Crippen LogP contribution >= 0.6 is 11.6 Å². The van der Waals surface area contributed by atoms with Crippen molar-refractivity contribution < 1.29 is 4.39 Å². The zero-order valence-electron chi connectivity index (χ0n) is 11.6. The van der Waals surface area contributed by atoms with Gasteiger partial charge in [-0.2, -0.15) is 0 Å². The number of nitrogens with two attached hydrogens (primary N) is 1. The first-order chi connectivity index (χ1) is 10.1. The van der Waals surface area contributed by atoms with Crippen molar-refractivity contribution in [2.45, 2.75) is 13.0 Å². The molecule has 1 atom stereocenters. The molecule has 2 aromatic carbocycles. The van der Waals surface area contributed by atoms with Gasteiger partial charge in [-0.25, -0.2) is 4.39 Å². The number of guanidine groups is 1. The molecule has 0 saturated heterocycles. The molecule has 0 amide bonds. The third-order valence-corrected chi connectivity index (χ3v) is 3.91. The Morgan fingerprint density at radius 3 is 2.81 bits per heavy atom. The van der Waals surface area contributed by atoms with Crippen LogP contribution in [0.1, 0.15) is 17.2 Å². The summed E-state index contributed by atoms with van der Waals surface area (Å²) >= 11 is 6.18. The molecule has 0 spiro atoms. The van der Waals surface area contributed by atoms with Crippen molar-refractivity contribution in [3.63, 3.8) is 0 Å². The van der Waals surface area contributed by atoms with Crippen LogP contribution in [0.5, 0.6) is 0 Å². The van der Waals surface area contributed by atoms with E-state index in [1.807, 2.05) is 36.1 Å². The molecule has 5 heteroatoms. The van der Waals surface area contributed by atoms with Gasteiger partial charge < -0.3 is 10.6 Å². The fourth-order valence-electron chi connectivity index (χ4n) is 2.60. The predicted octanol–water partition coefficient (Wildman–Crippen LogP) is 3.66. The minimum absolute atomic E-state index is 0.111. The zero-order valence-corrected chi connectivity index (χ0v) is 12.3. The van der Waals surface area contributed by atoms with Crippen LogP contribution in [0.3, 0.4) is 0 Å². The zero-order chi connectivity index (χ0) is 15.0. The normalized spacial score (nSPS) is 18.0. The van der Waals surface area contributed by atoms with E-state index in [1.54, 1.807) is 6.07 Å². The van der Waals surface area contributed by atoms with Gasteiger partial charge in [0, 0.05) is 10.7 Å². The third-order valence-electron chi connectivity index (χ3n) is 3.59. The van der Waals surface area contributed by atoms with Gasteiger partial charge in [0.2, 0.25) is 0 Å². The second-order valence-electron chi connectivity index (χ2n) is 5.09. The molecule has 0 bridgehead atoms. The van der Waals surface area contributed by atoms with Gasteiger partial charge in [-0.05, 0) is 42.3 Å². The number of aliphatic imine (C=N–C) groups is 1. The fraction of sp³-hybridized carbons (Fsp3) is 0.188. The Balaban J connectivity index is 2.03. The van der Waals surface area contributed by atoms with E-state index < -0.39 is 0 Å². The van der Waals surface area contributed by atoms with Crippen LogP contribution in [0, 0.1) is 12.7 Å². The van der Waals surface area contributed by atoms with E-state index in [0.717, 1.165) is 16.8 Å². The average Bonchev–Trinajstić information content (AvgIpc) is 2.80. The highest BCUT2D eigenvalue weighted by atomic mass is 35.5. The van der Waals surface area contributed by atoms with Crippen molar-refractivity contribution in [1.29, 1.82) is 0 Å². The van der Waals surface area contributed by atoms with Crippen LogP contribution in [-0.2, 0) is 0 Å². The molecule has 0 aromatic heterocycles. The van der Waals surface area contributed by atoms with Crippen LogP contribution in [0.15, 0.2) is 47.5 Å². The van der Waals surface area contributed by atoms with Crippen molar-refractivity contribution >= 4 is 23.2 Å². The van der Waals surface area contributed by atoms with Crippen LogP contribution in [0.4, 0.5) is 10.1 Å². The van der Waals surface area contributed by atoms with E-state index in [4.69, 9.17) is 17.3 Å². The lowest BCUT2D eigenvalue weighted by Gasteiger charge is -2.27. The maximum atomic E-state index is 13.2. The first-order valence-electron chi connectivity index (χ1n) is 6.67. The molecular weight excluding hydrogens is 289 g/mol. The van der Waals surface area contributed by atoms with E-state index in [-0.39, 0.29) is 11.9 Å². The molecule has 0 radical (unpaired) electrons. The lowest BCUT2D eigenvalue weighted by Crippen LogP contribution is -2.36. The predicted molar refractivity (Wildman–Crippen MR) is 84.3 cm³/mol. The van der Waals surface area contributed by atoms with Crippen molar-refractivity contribution in [3.8, 4) is 0 Å². The molecule has 1 heterocycles. The number of aryl methyl sites for hydroxylation is 1. The highest BCUT2D eigenvalue weighted by molar-refractivity contribution is 6.31. The number of nitrogens with zero attached hydrogens (tertiary/aromatic N) is 2. The van der Waals surface area contributed by atoms with Gasteiger partial charge in [0.15, 0.2) is 5.96 Å². The van der Waals surface area contributed by atoms with Gasteiger partial charge in [-0.1, -0.05) is 29.8 Å². The molecule has 3 nitrogen and oxygen atoms in total. The first-order valence-corrected chi connectivity index (χ1v) is 7.05. The van der Waals surface area contributed by atoms with Gasteiger partial charge >= 0.3 is 0 Å².